The molecule has 8 nitrogen and oxygen atoms in total. The molecule has 0 spiro atoms. The van der Waals surface area contributed by atoms with Gasteiger partial charge in [0.15, 0.2) is 0 Å². The molecule has 2 fully saturated rings. The predicted octanol–water partition coefficient (Wildman–Crippen LogP) is 6.58. The molecule has 2 saturated heterocycles. The Balaban J connectivity index is 0.000000200. The zero-order valence-corrected chi connectivity index (χ0v) is 27.1. The summed E-state index contributed by atoms with van der Waals surface area (Å²) in [5, 5.41) is 8.50. The zero-order chi connectivity index (χ0) is 31.2. The van der Waals surface area contributed by atoms with E-state index in [9.17, 15) is 26.3 Å². The summed E-state index contributed by atoms with van der Waals surface area (Å²) in [7, 11) is 0. The molecule has 0 atom stereocenters. The van der Waals surface area contributed by atoms with Crippen molar-refractivity contribution in [2.45, 2.75) is 25.2 Å². The minimum atomic E-state index is -4.33. The van der Waals surface area contributed by atoms with Crippen LogP contribution < -0.4 is 0 Å². The number of alkyl halides is 6. The van der Waals surface area contributed by atoms with E-state index in [4.69, 9.17) is 18.9 Å². The van der Waals surface area contributed by atoms with Crippen molar-refractivity contribution in [2.75, 3.05) is 52.6 Å². The van der Waals surface area contributed by atoms with Crippen molar-refractivity contribution >= 4 is 11.8 Å². The summed E-state index contributed by atoms with van der Waals surface area (Å²) in [6, 6.07) is 10.1. The fourth-order valence-corrected chi connectivity index (χ4v) is 4.59. The topological polar surface area (TPSA) is 89.8 Å². The number of ether oxygens (including phenoxy) is 4. The quantitative estimate of drug-likeness (QED) is 0.254. The Labute approximate surface area is 268 Å². The number of aliphatic imine (C=N–C) groups is 2. The van der Waals surface area contributed by atoms with E-state index >= 15 is 0 Å². The van der Waals surface area contributed by atoms with Crippen molar-refractivity contribution in [1.82, 2.24) is 0 Å². The maximum absolute atomic E-state index is 12.6. The third kappa shape index (κ3) is 9.15. The first-order valence-electron chi connectivity index (χ1n) is 13.8. The average Bonchev–Trinajstić information content (AvgIpc) is 3.83. The number of nitrogens with zero attached hydrogens (tertiary/aromatic N) is 4. The molecule has 4 aliphatic heterocycles. The first-order valence-corrected chi connectivity index (χ1v) is 13.8. The van der Waals surface area contributed by atoms with Gasteiger partial charge in [-0.15, -0.1) is 0 Å². The van der Waals surface area contributed by atoms with E-state index in [-0.39, 0.29) is 19.5 Å². The monoisotopic (exact) mass is 686 g/mol. The van der Waals surface area contributed by atoms with Gasteiger partial charge >= 0.3 is 31.8 Å². The molecule has 236 valence electrons. The number of hydrogen-bond donors (Lipinski definition) is 0. The minimum absolute atomic E-state index is 0. The van der Waals surface area contributed by atoms with Crippen LogP contribution in [-0.4, -0.2) is 64.4 Å². The second-order valence-electron chi connectivity index (χ2n) is 9.84. The SMILES string of the molecule is FC(F)(F)c1ccc(C/C(C2=NCCO2)=C2/[N-]CCO2)cc1.FC(F)(F)c1ccc(C/C(C2=NCCO2)=C2/[N-]CCO2)cc1.[Zn+2]. The summed E-state index contributed by atoms with van der Waals surface area (Å²) in [6.07, 6.45) is -7.92. The van der Waals surface area contributed by atoms with Crippen LogP contribution in [0.4, 0.5) is 26.3 Å². The van der Waals surface area contributed by atoms with Gasteiger partial charge in [0.05, 0.1) is 37.4 Å². The van der Waals surface area contributed by atoms with Gasteiger partial charge in [-0.3, -0.25) is 0 Å². The standard InChI is InChI=1S/2C15H14F3N2O2.Zn/c2*16-15(17,18)11-3-1-10(2-4-11)9-12(13-19-5-7-21-13)14-20-6-8-22-14;/h2*1-4H,5-9H2;/q2*-1;+2/b2*13-12+;. The van der Waals surface area contributed by atoms with Crippen LogP contribution in [0.1, 0.15) is 22.3 Å². The Kier molecular flexibility index (Phi) is 11.4. The zero-order valence-electron chi connectivity index (χ0n) is 24.1. The van der Waals surface area contributed by atoms with E-state index in [1.807, 2.05) is 0 Å². The number of hydrogen-bond acceptors (Lipinski definition) is 6. The predicted molar refractivity (Wildman–Crippen MR) is 149 cm³/mol. The van der Waals surface area contributed by atoms with Gasteiger partial charge in [-0.1, -0.05) is 37.4 Å². The van der Waals surface area contributed by atoms with Crippen molar-refractivity contribution < 1.29 is 64.8 Å². The minimum Gasteiger partial charge on any atom is -0.651 e. The molecular formula is C30H28F6N4O4Zn. The van der Waals surface area contributed by atoms with Gasteiger partial charge in [0.25, 0.3) is 0 Å². The number of benzene rings is 2. The number of rotatable bonds is 6. The van der Waals surface area contributed by atoms with Crippen LogP contribution in [0, 0.1) is 0 Å². The molecule has 0 aromatic heterocycles. The van der Waals surface area contributed by atoms with Crippen LogP contribution in [-0.2, 0) is 63.6 Å². The summed E-state index contributed by atoms with van der Waals surface area (Å²) in [5.74, 6) is 1.89. The Morgan fingerprint density at radius 1 is 0.578 bits per heavy atom. The molecule has 2 aromatic rings. The van der Waals surface area contributed by atoms with Gasteiger partial charge in [0.1, 0.15) is 13.2 Å². The molecule has 4 heterocycles. The average molecular weight is 688 g/mol. The molecule has 4 aliphatic rings. The molecule has 0 unspecified atom stereocenters. The molecule has 0 radical (unpaired) electrons. The van der Waals surface area contributed by atoms with Crippen molar-refractivity contribution in [2.24, 2.45) is 9.98 Å². The van der Waals surface area contributed by atoms with E-state index in [2.05, 4.69) is 20.6 Å². The Hall–Kier alpha value is -3.74. The molecule has 0 amide bonds. The third-order valence-corrected chi connectivity index (χ3v) is 6.70. The Morgan fingerprint density at radius 2 is 0.956 bits per heavy atom. The molecule has 0 N–H and O–H groups in total. The molecule has 2 aromatic carbocycles. The van der Waals surface area contributed by atoms with Gasteiger partial charge < -0.3 is 29.6 Å². The second kappa shape index (κ2) is 15.0. The largest absolute Gasteiger partial charge is 2.00 e. The molecular weight excluding hydrogens is 660 g/mol. The van der Waals surface area contributed by atoms with Crippen molar-refractivity contribution in [3.8, 4) is 0 Å². The summed E-state index contributed by atoms with van der Waals surface area (Å²) >= 11 is 0. The Morgan fingerprint density at radius 3 is 1.22 bits per heavy atom. The van der Waals surface area contributed by atoms with Crippen molar-refractivity contribution in [1.29, 1.82) is 0 Å². The van der Waals surface area contributed by atoms with Gasteiger partial charge in [0, 0.05) is 35.8 Å². The molecule has 0 saturated carbocycles. The maximum atomic E-state index is 12.6. The van der Waals surface area contributed by atoms with Gasteiger partial charge in [-0.25, -0.2) is 9.98 Å². The van der Waals surface area contributed by atoms with Crippen LogP contribution in [0.5, 0.6) is 0 Å². The summed E-state index contributed by atoms with van der Waals surface area (Å²) in [5.41, 5.74) is 1.49. The molecule has 6 rings (SSSR count). The summed E-state index contributed by atoms with van der Waals surface area (Å²) in [6.45, 7) is 4.27. The van der Waals surface area contributed by atoms with Crippen molar-refractivity contribution in [3.05, 3.63) is 104 Å². The van der Waals surface area contributed by atoms with Gasteiger partial charge in [-0.2, -0.15) is 26.3 Å². The molecule has 0 aliphatic carbocycles. The maximum Gasteiger partial charge on any atom is 2.00 e. The number of halogens is 6. The van der Waals surface area contributed by atoms with Crippen molar-refractivity contribution in [3.63, 3.8) is 0 Å². The van der Waals surface area contributed by atoms with Crippen LogP contribution >= 0.6 is 0 Å². The van der Waals surface area contributed by atoms with Gasteiger partial charge in [0.2, 0.25) is 11.8 Å². The van der Waals surface area contributed by atoms with Crippen LogP contribution in [0.15, 0.2) is 81.4 Å². The Bertz CT molecular complexity index is 1310. The normalized spacial score (nSPS) is 19.6. The van der Waals surface area contributed by atoms with E-state index < -0.39 is 23.5 Å². The third-order valence-electron chi connectivity index (χ3n) is 6.70. The first-order chi connectivity index (χ1) is 21.1. The second-order valence-corrected chi connectivity index (χ2v) is 9.84. The van der Waals surface area contributed by atoms with Crippen LogP contribution in [0.3, 0.4) is 0 Å². The first kappa shape index (κ1) is 34.1. The fraction of sp³-hybridized carbons (Fsp3) is 0.400. The summed E-state index contributed by atoms with van der Waals surface area (Å²) in [4.78, 5) is 8.50. The van der Waals surface area contributed by atoms with E-state index in [0.717, 1.165) is 35.4 Å². The van der Waals surface area contributed by atoms with E-state index in [0.29, 0.717) is 100 Å². The molecule has 0 bridgehead atoms. The molecule has 15 heteroatoms. The van der Waals surface area contributed by atoms with Crippen LogP contribution in [0.2, 0.25) is 0 Å². The molecule has 45 heavy (non-hydrogen) atoms. The smallest absolute Gasteiger partial charge is 0.651 e. The van der Waals surface area contributed by atoms with E-state index in [1.54, 1.807) is 0 Å². The summed E-state index contributed by atoms with van der Waals surface area (Å²) < 4.78 is 97.3. The van der Waals surface area contributed by atoms with Gasteiger partial charge in [-0.05, 0) is 35.4 Å². The van der Waals surface area contributed by atoms with E-state index in [1.165, 1.54) is 24.3 Å². The van der Waals surface area contributed by atoms with Crippen LogP contribution in [0.25, 0.3) is 10.6 Å². The fourth-order valence-electron chi connectivity index (χ4n) is 4.59.